The van der Waals surface area contributed by atoms with E-state index in [1.807, 2.05) is 66.3 Å². The quantitative estimate of drug-likeness (QED) is 0.492. The predicted octanol–water partition coefficient (Wildman–Crippen LogP) is 4.56. The summed E-state index contributed by atoms with van der Waals surface area (Å²) < 4.78 is 14.2. The number of ether oxygens (including phenoxy) is 2. The summed E-state index contributed by atoms with van der Waals surface area (Å²) in [6, 6.07) is 15.0. The molecule has 0 bridgehead atoms. The van der Waals surface area contributed by atoms with Crippen molar-refractivity contribution in [2.24, 2.45) is 7.05 Å². The number of rotatable bonds is 9. The summed E-state index contributed by atoms with van der Waals surface area (Å²) in [6.45, 7) is 0.878. The number of hydrogen-bond donors (Lipinski definition) is 1. The summed E-state index contributed by atoms with van der Waals surface area (Å²) in [5, 5.41) is 2.88. The maximum atomic E-state index is 12.1. The van der Waals surface area contributed by atoms with Crippen LogP contribution in [-0.4, -0.2) is 22.1 Å². The summed E-state index contributed by atoms with van der Waals surface area (Å²) >= 11 is 3.43. The molecule has 3 rings (SSSR count). The lowest BCUT2D eigenvalue weighted by Gasteiger charge is -2.09. The summed E-state index contributed by atoms with van der Waals surface area (Å²) in [6.07, 6.45) is 4.64. The first-order valence-electron chi connectivity index (χ1n) is 8.98. The molecule has 2 aromatic carbocycles. The number of nitrogens with zero attached hydrogens (tertiary/aromatic N) is 2. The van der Waals surface area contributed by atoms with Crippen LogP contribution in [0.5, 0.6) is 11.5 Å². The molecule has 1 N–H and O–H groups in total. The van der Waals surface area contributed by atoms with Gasteiger partial charge >= 0.3 is 0 Å². The van der Waals surface area contributed by atoms with E-state index >= 15 is 0 Å². The van der Waals surface area contributed by atoms with Gasteiger partial charge < -0.3 is 19.4 Å². The zero-order chi connectivity index (χ0) is 19.8. The Bertz CT molecular complexity index is 909. The van der Waals surface area contributed by atoms with Gasteiger partial charge in [-0.05, 0) is 58.7 Å². The van der Waals surface area contributed by atoms with Crippen molar-refractivity contribution in [3.05, 3.63) is 71.2 Å². The number of amides is 1. The van der Waals surface area contributed by atoms with Gasteiger partial charge in [0.05, 0.1) is 11.1 Å². The first kappa shape index (κ1) is 19.9. The van der Waals surface area contributed by atoms with Gasteiger partial charge in [0.1, 0.15) is 23.9 Å². The van der Waals surface area contributed by atoms with Gasteiger partial charge in [0.2, 0.25) is 5.91 Å². The average molecular weight is 444 g/mol. The molecule has 0 saturated carbocycles. The van der Waals surface area contributed by atoms with Crippen molar-refractivity contribution in [1.82, 2.24) is 9.55 Å². The summed E-state index contributed by atoms with van der Waals surface area (Å²) in [7, 11) is 1.92. The second-order valence-electron chi connectivity index (χ2n) is 6.20. The highest BCUT2D eigenvalue weighted by Gasteiger charge is 2.05. The Morgan fingerprint density at radius 2 is 1.93 bits per heavy atom. The molecule has 0 unspecified atom stereocenters. The monoisotopic (exact) mass is 443 g/mol. The zero-order valence-electron chi connectivity index (χ0n) is 15.6. The number of aryl methyl sites for hydroxylation is 1. The number of anilines is 1. The van der Waals surface area contributed by atoms with E-state index in [0.717, 1.165) is 27.5 Å². The predicted molar refractivity (Wildman–Crippen MR) is 111 cm³/mol. The SMILES string of the molecule is Cn1ccnc1COc1ccc(NC(=O)CCCOc2ccccc2Br)cc1. The van der Waals surface area contributed by atoms with Gasteiger partial charge in [-0.15, -0.1) is 0 Å². The van der Waals surface area contributed by atoms with Gasteiger partial charge in [0, 0.05) is 31.5 Å². The summed E-state index contributed by atoms with van der Waals surface area (Å²) in [5.41, 5.74) is 0.737. The number of para-hydroxylation sites is 1. The van der Waals surface area contributed by atoms with Crippen LogP contribution < -0.4 is 14.8 Å². The molecule has 28 heavy (non-hydrogen) atoms. The van der Waals surface area contributed by atoms with Crippen molar-refractivity contribution >= 4 is 27.5 Å². The van der Waals surface area contributed by atoms with E-state index in [-0.39, 0.29) is 5.91 Å². The fourth-order valence-electron chi connectivity index (χ4n) is 2.52. The third-order valence-corrected chi connectivity index (χ3v) is 4.72. The molecule has 1 heterocycles. The lowest BCUT2D eigenvalue weighted by molar-refractivity contribution is -0.116. The van der Waals surface area contributed by atoms with E-state index in [1.165, 1.54) is 0 Å². The minimum atomic E-state index is -0.0441. The molecule has 0 saturated heterocycles. The van der Waals surface area contributed by atoms with Crippen molar-refractivity contribution < 1.29 is 14.3 Å². The lowest BCUT2D eigenvalue weighted by atomic mass is 10.2. The molecule has 1 amide bonds. The van der Waals surface area contributed by atoms with Gasteiger partial charge in [-0.25, -0.2) is 4.98 Å². The molecule has 7 heteroatoms. The second kappa shape index (κ2) is 9.94. The number of imidazole rings is 1. The van der Waals surface area contributed by atoms with Crippen LogP contribution in [-0.2, 0) is 18.4 Å². The van der Waals surface area contributed by atoms with Crippen LogP contribution in [0.2, 0.25) is 0 Å². The highest BCUT2D eigenvalue weighted by atomic mass is 79.9. The Balaban J connectivity index is 1.38. The van der Waals surface area contributed by atoms with Gasteiger partial charge in [-0.1, -0.05) is 12.1 Å². The Morgan fingerprint density at radius 1 is 1.14 bits per heavy atom. The van der Waals surface area contributed by atoms with Crippen LogP contribution in [0.1, 0.15) is 18.7 Å². The smallest absolute Gasteiger partial charge is 0.224 e. The maximum Gasteiger partial charge on any atom is 0.224 e. The Morgan fingerprint density at radius 3 is 2.64 bits per heavy atom. The van der Waals surface area contributed by atoms with Crippen molar-refractivity contribution in [3.8, 4) is 11.5 Å². The Labute approximate surface area is 172 Å². The van der Waals surface area contributed by atoms with E-state index in [1.54, 1.807) is 6.20 Å². The molecular weight excluding hydrogens is 422 g/mol. The van der Waals surface area contributed by atoms with Crippen molar-refractivity contribution in [3.63, 3.8) is 0 Å². The van der Waals surface area contributed by atoms with Crippen LogP contribution in [0.25, 0.3) is 0 Å². The van der Waals surface area contributed by atoms with Crippen LogP contribution in [0.3, 0.4) is 0 Å². The van der Waals surface area contributed by atoms with Crippen molar-refractivity contribution in [1.29, 1.82) is 0 Å². The topological polar surface area (TPSA) is 65.4 Å². The maximum absolute atomic E-state index is 12.1. The molecule has 6 nitrogen and oxygen atoms in total. The minimum absolute atomic E-state index is 0.0441. The number of hydrogen-bond acceptors (Lipinski definition) is 4. The van der Waals surface area contributed by atoms with Crippen LogP contribution in [0, 0.1) is 0 Å². The van der Waals surface area contributed by atoms with Crippen LogP contribution >= 0.6 is 15.9 Å². The molecule has 0 radical (unpaired) electrons. The molecule has 0 spiro atoms. The van der Waals surface area contributed by atoms with Crippen molar-refractivity contribution in [2.75, 3.05) is 11.9 Å². The molecule has 3 aromatic rings. The molecule has 0 atom stereocenters. The highest BCUT2D eigenvalue weighted by Crippen LogP contribution is 2.24. The summed E-state index contributed by atoms with van der Waals surface area (Å²) in [5.74, 6) is 2.31. The number of aromatic nitrogens is 2. The fraction of sp³-hybridized carbons (Fsp3) is 0.238. The number of nitrogens with one attached hydrogen (secondary N) is 1. The third kappa shape index (κ3) is 5.85. The number of halogens is 1. The van der Waals surface area contributed by atoms with E-state index in [2.05, 4.69) is 26.2 Å². The molecule has 1 aromatic heterocycles. The normalized spacial score (nSPS) is 10.5. The van der Waals surface area contributed by atoms with E-state index < -0.39 is 0 Å². The molecule has 0 aliphatic heterocycles. The minimum Gasteiger partial charge on any atom is -0.492 e. The third-order valence-electron chi connectivity index (χ3n) is 4.07. The fourth-order valence-corrected chi connectivity index (χ4v) is 2.92. The number of benzene rings is 2. The highest BCUT2D eigenvalue weighted by molar-refractivity contribution is 9.10. The molecular formula is C21H22BrN3O3. The first-order valence-corrected chi connectivity index (χ1v) is 9.77. The molecule has 146 valence electrons. The van der Waals surface area contributed by atoms with Gasteiger partial charge in [-0.3, -0.25) is 4.79 Å². The van der Waals surface area contributed by atoms with Gasteiger partial charge in [-0.2, -0.15) is 0 Å². The zero-order valence-corrected chi connectivity index (χ0v) is 17.2. The van der Waals surface area contributed by atoms with Crippen LogP contribution in [0.15, 0.2) is 65.4 Å². The average Bonchev–Trinajstić information content (AvgIpc) is 3.11. The number of carbonyl (C=O) groups is 1. The van der Waals surface area contributed by atoms with E-state index in [4.69, 9.17) is 9.47 Å². The Kier molecular flexibility index (Phi) is 7.08. The van der Waals surface area contributed by atoms with E-state index in [0.29, 0.717) is 26.1 Å². The van der Waals surface area contributed by atoms with Crippen LogP contribution in [0.4, 0.5) is 5.69 Å². The van der Waals surface area contributed by atoms with Gasteiger partial charge in [0.15, 0.2) is 0 Å². The number of carbonyl (C=O) groups excluding carboxylic acids is 1. The Hall–Kier alpha value is -2.80. The largest absolute Gasteiger partial charge is 0.492 e. The van der Waals surface area contributed by atoms with E-state index in [9.17, 15) is 4.79 Å². The second-order valence-corrected chi connectivity index (χ2v) is 7.05. The van der Waals surface area contributed by atoms with Gasteiger partial charge in [0.25, 0.3) is 0 Å². The molecule has 0 fully saturated rings. The molecule has 0 aliphatic rings. The molecule has 0 aliphatic carbocycles. The summed E-state index contributed by atoms with van der Waals surface area (Å²) in [4.78, 5) is 16.3. The first-order chi connectivity index (χ1) is 13.6. The standard InChI is InChI=1S/C21H22BrN3O3/c1-25-13-12-23-20(25)15-28-17-10-8-16(9-11-17)24-21(26)7-4-14-27-19-6-3-2-5-18(19)22/h2-3,5-6,8-13H,4,7,14-15H2,1H3,(H,24,26). The van der Waals surface area contributed by atoms with Crippen molar-refractivity contribution in [2.45, 2.75) is 19.4 Å². The lowest BCUT2D eigenvalue weighted by Crippen LogP contribution is -2.12.